The molecule has 1 unspecified atom stereocenters. The van der Waals surface area contributed by atoms with Crippen LogP contribution in [0.1, 0.15) is 44.0 Å². The molecule has 2 rings (SSSR count). The number of aryl methyl sites for hydroxylation is 2. The van der Waals surface area contributed by atoms with E-state index in [9.17, 15) is 4.79 Å². The molecule has 1 fully saturated rings. The van der Waals surface area contributed by atoms with Gasteiger partial charge < -0.3 is 0 Å². The summed E-state index contributed by atoms with van der Waals surface area (Å²) in [6.45, 7) is 5.43. The SMILES string of the molecule is CC(=O)CC1CCCCN1Cc1c(Cl)c(C)nn1C. The lowest BCUT2D eigenvalue weighted by Crippen LogP contribution is -2.40. The normalized spacial score (nSPS) is 20.7. The minimum absolute atomic E-state index is 0.268. The zero-order valence-corrected chi connectivity index (χ0v) is 12.7. The van der Waals surface area contributed by atoms with Gasteiger partial charge in [0, 0.05) is 26.1 Å². The maximum absolute atomic E-state index is 11.4. The number of ketones is 1. The Morgan fingerprint density at radius 3 is 2.79 bits per heavy atom. The molecule has 0 radical (unpaired) electrons. The number of hydrogen-bond acceptors (Lipinski definition) is 3. The fraction of sp³-hybridized carbons (Fsp3) is 0.714. The first kappa shape index (κ1) is 14.5. The van der Waals surface area contributed by atoms with Gasteiger partial charge in [-0.3, -0.25) is 14.4 Å². The maximum atomic E-state index is 11.4. The second-order valence-corrected chi connectivity index (χ2v) is 5.87. The molecule has 1 atom stereocenters. The van der Waals surface area contributed by atoms with Gasteiger partial charge >= 0.3 is 0 Å². The summed E-state index contributed by atoms with van der Waals surface area (Å²) in [6, 6.07) is 0.359. The fourth-order valence-corrected chi connectivity index (χ4v) is 3.10. The van der Waals surface area contributed by atoms with Gasteiger partial charge in [-0.1, -0.05) is 18.0 Å². The quantitative estimate of drug-likeness (QED) is 0.853. The standard InChI is InChI=1S/C14H22ClN3O/c1-10(19)8-12-6-4-5-7-18(12)9-13-14(15)11(2)16-17(13)3/h12H,4-9H2,1-3H3. The van der Waals surface area contributed by atoms with Gasteiger partial charge in [-0.25, -0.2) is 0 Å². The number of halogens is 1. The summed E-state index contributed by atoms with van der Waals surface area (Å²) in [5.74, 6) is 0.268. The third kappa shape index (κ3) is 3.37. The summed E-state index contributed by atoms with van der Waals surface area (Å²) in [5.41, 5.74) is 1.92. The number of rotatable bonds is 4. The molecule has 0 saturated carbocycles. The van der Waals surface area contributed by atoms with Crippen LogP contribution >= 0.6 is 11.6 Å². The Morgan fingerprint density at radius 2 is 2.21 bits per heavy atom. The number of aromatic nitrogens is 2. The predicted molar refractivity (Wildman–Crippen MR) is 76.3 cm³/mol. The van der Waals surface area contributed by atoms with Crippen LogP contribution < -0.4 is 0 Å². The highest BCUT2D eigenvalue weighted by atomic mass is 35.5. The number of piperidine rings is 1. The molecule has 1 aliphatic rings. The third-order valence-corrected chi connectivity index (χ3v) is 4.38. The van der Waals surface area contributed by atoms with Crippen LogP contribution in [0, 0.1) is 6.92 Å². The van der Waals surface area contributed by atoms with Crippen LogP contribution in [0.2, 0.25) is 5.02 Å². The largest absolute Gasteiger partial charge is 0.300 e. The lowest BCUT2D eigenvalue weighted by Gasteiger charge is -2.35. The number of hydrogen-bond donors (Lipinski definition) is 0. The minimum atomic E-state index is 0.268. The van der Waals surface area contributed by atoms with Crippen molar-refractivity contribution in [2.24, 2.45) is 7.05 Å². The van der Waals surface area contributed by atoms with E-state index in [0.717, 1.165) is 35.9 Å². The van der Waals surface area contributed by atoms with Crippen molar-refractivity contribution in [1.29, 1.82) is 0 Å². The average molecular weight is 284 g/mol. The van der Waals surface area contributed by atoms with E-state index in [1.54, 1.807) is 6.92 Å². The van der Waals surface area contributed by atoms with Crippen molar-refractivity contribution in [1.82, 2.24) is 14.7 Å². The van der Waals surface area contributed by atoms with E-state index in [1.165, 1.54) is 12.8 Å². The number of nitrogens with zero attached hydrogens (tertiary/aromatic N) is 3. The molecule has 1 saturated heterocycles. The monoisotopic (exact) mass is 283 g/mol. The van der Waals surface area contributed by atoms with Gasteiger partial charge in [0.25, 0.3) is 0 Å². The summed E-state index contributed by atoms with van der Waals surface area (Å²) < 4.78 is 1.86. The average Bonchev–Trinajstić information content (AvgIpc) is 2.57. The Balaban J connectivity index is 2.12. The highest BCUT2D eigenvalue weighted by molar-refractivity contribution is 6.31. The summed E-state index contributed by atoms with van der Waals surface area (Å²) in [5, 5.41) is 5.11. The van der Waals surface area contributed by atoms with Gasteiger partial charge in [0.15, 0.2) is 0 Å². The van der Waals surface area contributed by atoms with Gasteiger partial charge in [0.2, 0.25) is 0 Å². The second-order valence-electron chi connectivity index (χ2n) is 5.50. The van der Waals surface area contributed by atoms with Crippen LogP contribution in [-0.4, -0.2) is 33.1 Å². The van der Waals surface area contributed by atoms with E-state index < -0.39 is 0 Å². The molecule has 2 heterocycles. The summed E-state index contributed by atoms with van der Waals surface area (Å²) in [7, 11) is 1.93. The molecule has 0 amide bonds. The molecule has 0 aliphatic carbocycles. The van der Waals surface area contributed by atoms with Crippen molar-refractivity contribution in [3.05, 3.63) is 16.4 Å². The lowest BCUT2D eigenvalue weighted by atomic mass is 9.97. The van der Waals surface area contributed by atoms with Crippen molar-refractivity contribution in [3.8, 4) is 0 Å². The predicted octanol–water partition coefficient (Wildman–Crippen LogP) is 2.72. The molecule has 0 N–H and O–H groups in total. The summed E-state index contributed by atoms with van der Waals surface area (Å²) in [4.78, 5) is 13.8. The Hall–Kier alpha value is -0.870. The van der Waals surface area contributed by atoms with Crippen LogP contribution in [0.15, 0.2) is 0 Å². The Bertz CT molecular complexity index is 470. The van der Waals surface area contributed by atoms with Crippen molar-refractivity contribution in [2.45, 2.75) is 52.1 Å². The summed E-state index contributed by atoms with van der Waals surface area (Å²) >= 11 is 6.31. The van der Waals surface area contributed by atoms with Gasteiger partial charge in [0.05, 0.1) is 16.4 Å². The van der Waals surface area contributed by atoms with Gasteiger partial charge in [-0.2, -0.15) is 5.10 Å². The van der Waals surface area contributed by atoms with E-state index >= 15 is 0 Å². The molecule has 0 spiro atoms. The van der Waals surface area contributed by atoms with Gasteiger partial charge in [-0.05, 0) is 33.2 Å². The first-order chi connectivity index (χ1) is 8.99. The minimum Gasteiger partial charge on any atom is -0.300 e. The maximum Gasteiger partial charge on any atom is 0.131 e. The zero-order chi connectivity index (χ0) is 14.0. The van der Waals surface area contributed by atoms with Crippen molar-refractivity contribution >= 4 is 17.4 Å². The van der Waals surface area contributed by atoms with Gasteiger partial charge in [0.1, 0.15) is 5.78 Å². The zero-order valence-electron chi connectivity index (χ0n) is 11.9. The van der Waals surface area contributed by atoms with E-state index in [-0.39, 0.29) is 5.78 Å². The first-order valence-corrected chi connectivity index (χ1v) is 7.28. The topological polar surface area (TPSA) is 38.1 Å². The van der Waals surface area contributed by atoms with E-state index in [1.807, 2.05) is 18.7 Å². The number of Topliss-reactive ketones (excluding diaryl/α,β-unsaturated/α-hetero) is 1. The summed E-state index contributed by atoms with van der Waals surface area (Å²) in [6.07, 6.45) is 4.16. The molecule has 1 aromatic rings. The van der Waals surface area contributed by atoms with Crippen LogP contribution in [0.5, 0.6) is 0 Å². The lowest BCUT2D eigenvalue weighted by molar-refractivity contribution is -0.118. The molecule has 1 aliphatic heterocycles. The highest BCUT2D eigenvalue weighted by Crippen LogP contribution is 2.26. The van der Waals surface area contributed by atoms with Crippen LogP contribution in [0.3, 0.4) is 0 Å². The Morgan fingerprint density at radius 1 is 1.47 bits per heavy atom. The smallest absolute Gasteiger partial charge is 0.131 e. The third-order valence-electron chi connectivity index (χ3n) is 3.89. The molecule has 4 nitrogen and oxygen atoms in total. The molecular weight excluding hydrogens is 262 g/mol. The Labute approximate surface area is 119 Å². The van der Waals surface area contributed by atoms with Crippen molar-refractivity contribution in [3.63, 3.8) is 0 Å². The fourth-order valence-electron chi connectivity index (χ4n) is 2.88. The number of likely N-dealkylation sites (tertiary alicyclic amines) is 1. The molecule has 0 aromatic carbocycles. The molecule has 5 heteroatoms. The van der Waals surface area contributed by atoms with Crippen LogP contribution in [0.4, 0.5) is 0 Å². The molecular formula is C14H22ClN3O. The highest BCUT2D eigenvalue weighted by Gasteiger charge is 2.25. The van der Waals surface area contributed by atoms with Gasteiger partial charge in [-0.15, -0.1) is 0 Å². The van der Waals surface area contributed by atoms with Crippen LogP contribution in [0.25, 0.3) is 0 Å². The van der Waals surface area contributed by atoms with E-state index in [4.69, 9.17) is 11.6 Å². The van der Waals surface area contributed by atoms with E-state index in [2.05, 4.69) is 10.00 Å². The molecule has 106 valence electrons. The Kier molecular flexibility index (Phi) is 4.63. The van der Waals surface area contributed by atoms with Crippen molar-refractivity contribution in [2.75, 3.05) is 6.54 Å². The number of carbonyl (C=O) groups excluding carboxylic acids is 1. The van der Waals surface area contributed by atoms with Crippen molar-refractivity contribution < 1.29 is 4.79 Å². The molecule has 1 aromatic heterocycles. The van der Waals surface area contributed by atoms with Crippen LogP contribution in [-0.2, 0) is 18.4 Å². The first-order valence-electron chi connectivity index (χ1n) is 6.90. The molecule has 19 heavy (non-hydrogen) atoms. The van der Waals surface area contributed by atoms with E-state index in [0.29, 0.717) is 12.5 Å². The number of carbonyl (C=O) groups is 1. The second kappa shape index (κ2) is 6.06. The molecule has 0 bridgehead atoms.